The molecule has 18 heavy (non-hydrogen) atoms. The number of hydrogen-bond donors (Lipinski definition) is 2. The van der Waals surface area contributed by atoms with Crippen LogP contribution in [-0.2, 0) is 16.4 Å². The molecule has 1 aromatic rings. The van der Waals surface area contributed by atoms with Crippen molar-refractivity contribution in [2.24, 2.45) is 5.92 Å². The molecular formula is C10H16N2O4S2. The maximum atomic E-state index is 11.5. The fraction of sp³-hybridized carbons (Fsp3) is 0.600. The largest absolute Gasteiger partial charge is 0.476 e. The number of carboxylic acid groups (broad SMARTS) is 1. The van der Waals surface area contributed by atoms with Crippen LogP contribution in [0.5, 0.6) is 0 Å². The van der Waals surface area contributed by atoms with Gasteiger partial charge in [-0.25, -0.2) is 22.9 Å². The summed E-state index contributed by atoms with van der Waals surface area (Å²) >= 11 is 1.22. The molecule has 0 atom stereocenters. The Bertz CT molecular complexity index is 508. The fourth-order valence-electron chi connectivity index (χ4n) is 1.34. The molecule has 0 unspecified atom stereocenters. The van der Waals surface area contributed by atoms with Crippen LogP contribution in [0.25, 0.3) is 0 Å². The molecule has 1 aromatic heterocycles. The molecule has 1 rings (SSSR count). The third-order valence-electron chi connectivity index (χ3n) is 1.98. The van der Waals surface area contributed by atoms with Gasteiger partial charge in [0.05, 0.1) is 10.8 Å². The molecule has 0 saturated carbocycles. The number of nitrogens with zero attached hydrogens (tertiary/aromatic N) is 1. The van der Waals surface area contributed by atoms with E-state index in [-0.39, 0.29) is 23.9 Å². The van der Waals surface area contributed by atoms with Crippen LogP contribution in [0, 0.1) is 5.92 Å². The average molecular weight is 292 g/mol. The summed E-state index contributed by atoms with van der Waals surface area (Å²) in [4.78, 5) is 14.5. The summed E-state index contributed by atoms with van der Waals surface area (Å²) in [7, 11) is -3.25. The number of aromatic carboxylic acids is 1. The minimum absolute atomic E-state index is 0.0000348. The van der Waals surface area contributed by atoms with E-state index in [9.17, 15) is 13.2 Å². The monoisotopic (exact) mass is 292 g/mol. The maximum absolute atomic E-state index is 11.5. The van der Waals surface area contributed by atoms with Gasteiger partial charge in [0.2, 0.25) is 10.0 Å². The zero-order valence-corrected chi connectivity index (χ0v) is 11.8. The standard InChI is InChI=1S/C10H16N2O4S2/c1-7(2)6-18(15,16)11-4-3-9-12-8(5-17-9)10(13)14/h5,7,11H,3-4,6H2,1-2H3,(H,13,14). The molecule has 2 N–H and O–H groups in total. The van der Waals surface area contributed by atoms with Crippen LogP contribution in [0.3, 0.4) is 0 Å². The van der Waals surface area contributed by atoms with Gasteiger partial charge in [0, 0.05) is 18.3 Å². The molecule has 0 bridgehead atoms. The number of nitrogens with one attached hydrogen (secondary N) is 1. The molecule has 0 saturated heterocycles. The zero-order valence-electron chi connectivity index (χ0n) is 10.2. The highest BCUT2D eigenvalue weighted by Crippen LogP contribution is 2.10. The Balaban J connectivity index is 2.44. The van der Waals surface area contributed by atoms with Crippen molar-refractivity contribution in [3.8, 4) is 0 Å². The minimum atomic E-state index is -3.25. The van der Waals surface area contributed by atoms with E-state index in [0.717, 1.165) is 0 Å². The number of carbonyl (C=O) groups is 1. The lowest BCUT2D eigenvalue weighted by molar-refractivity contribution is 0.0691. The summed E-state index contributed by atoms with van der Waals surface area (Å²) in [5, 5.41) is 10.7. The maximum Gasteiger partial charge on any atom is 0.355 e. The highest BCUT2D eigenvalue weighted by molar-refractivity contribution is 7.89. The topological polar surface area (TPSA) is 96.4 Å². The van der Waals surface area contributed by atoms with Crippen molar-refractivity contribution in [1.29, 1.82) is 0 Å². The van der Waals surface area contributed by atoms with Crippen LogP contribution >= 0.6 is 11.3 Å². The van der Waals surface area contributed by atoms with Gasteiger partial charge < -0.3 is 5.11 Å². The number of carboxylic acids is 1. The van der Waals surface area contributed by atoms with Crippen molar-refractivity contribution in [2.75, 3.05) is 12.3 Å². The Morgan fingerprint density at radius 1 is 1.56 bits per heavy atom. The van der Waals surface area contributed by atoms with Gasteiger partial charge >= 0.3 is 5.97 Å². The Hall–Kier alpha value is -0.990. The highest BCUT2D eigenvalue weighted by Gasteiger charge is 2.13. The molecule has 0 aromatic carbocycles. The van der Waals surface area contributed by atoms with Gasteiger partial charge in [-0.3, -0.25) is 0 Å². The third kappa shape index (κ3) is 5.11. The molecule has 0 amide bonds. The normalized spacial score (nSPS) is 11.9. The van der Waals surface area contributed by atoms with Crippen LogP contribution in [0.4, 0.5) is 0 Å². The van der Waals surface area contributed by atoms with E-state index < -0.39 is 16.0 Å². The van der Waals surface area contributed by atoms with Crippen molar-refractivity contribution >= 4 is 27.3 Å². The van der Waals surface area contributed by atoms with Gasteiger partial charge in [0.25, 0.3) is 0 Å². The predicted octanol–water partition coefficient (Wildman–Crippen LogP) is 0.959. The second kappa shape index (κ2) is 6.26. The lowest BCUT2D eigenvalue weighted by Gasteiger charge is -2.07. The van der Waals surface area contributed by atoms with Crippen molar-refractivity contribution in [3.63, 3.8) is 0 Å². The molecule has 1 heterocycles. The van der Waals surface area contributed by atoms with Gasteiger partial charge in [-0.05, 0) is 5.92 Å². The van der Waals surface area contributed by atoms with Crippen molar-refractivity contribution < 1.29 is 18.3 Å². The Labute approximate surface area is 110 Å². The number of hydrogen-bond acceptors (Lipinski definition) is 5. The number of thiazole rings is 1. The lowest BCUT2D eigenvalue weighted by Crippen LogP contribution is -2.30. The molecule has 6 nitrogen and oxygen atoms in total. The fourth-order valence-corrected chi connectivity index (χ4v) is 3.52. The third-order valence-corrected chi connectivity index (χ3v) is 4.64. The van der Waals surface area contributed by atoms with E-state index in [1.165, 1.54) is 16.7 Å². The summed E-state index contributed by atoms with van der Waals surface area (Å²) < 4.78 is 25.5. The summed E-state index contributed by atoms with van der Waals surface area (Å²) in [6, 6.07) is 0. The Kier molecular flexibility index (Phi) is 5.24. The van der Waals surface area contributed by atoms with E-state index in [1.54, 1.807) is 0 Å². The van der Waals surface area contributed by atoms with Crippen LogP contribution in [0.15, 0.2) is 5.38 Å². The first-order valence-electron chi connectivity index (χ1n) is 5.45. The minimum Gasteiger partial charge on any atom is -0.476 e. The summed E-state index contributed by atoms with van der Waals surface area (Å²) in [5.74, 6) is -0.913. The smallest absolute Gasteiger partial charge is 0.355 e. The van der Waals surface area contributed by atoms with Crippen LogP contribution in [0.1, 0.15) is 29.3 Å². The van der Waals surface area contributed by atoms with E-state index in [0.29, 0.717) is 11.4 Å². The van der Waals surface area contributed by atoms with Crippen molar-refractivity contribution in [1.82, 2.24) is 9.71 Å². The second-order valence-electron chi connectivity index (χ2n) is 4.25. The highest BCUT2D eigenvalue weighted by atomic mass is 32.2. The van der Waals surface area contributed by atoms with Gasteiger partial charge in [0.15, 0.2) is 5.69 Å². The van der Waals surface area contributed by atoms with Gasteiger partial charge in [0.1, 0.15) is 0 Å². The molecule has 8 heteroatoms. The van der Waals surface area contributed by atoms with Crippen LogP contribution in [-0.4, -0.2) is 36.8 Å². The van der Waals surface area contributed by atoms with E-state index in [1.807, 2.05) is 13.8 Å². The molecule has 0 radical (unpaired) electrons. The first-order chi connectivity index (χ1) is 8.30. The van der Waals surface area contributed by atoms with Crippen LogP contribution in [0.2, 0.25) is 0 Å². The van der Waals surface area contributed by atoms with Crippen molar-refractivity contribution in [3.05, 3.63) is 16.1 Å². The Morgan fingerprint density at radius 3 is 2.72 bits per heavy atom. The quantitative estimate of drug-likeness (QED) is 0.780. The zero-order chi connectivity index (χ0) is 13.8. The van der Waals surface area contributed by atoms with E-state index in [4.69, 9.17) is 5.11 Å². The number of rotatable bonds is 7. The SMILES string of the molecule is CC(C)CS(=O)(=O)NCCc1nc(C(=O)O)cs1. The lowest BCUT2D eigenvalue weighted by atomic mass is 10.3. The van der Waals surface area contributed by atoms with Gasteiger partial charge in [-0.2, -0.15) is 0 Å². The number of sulfonamides is 1. The van der Waals surface area contributed by atoms with Crippen LogP contribution < -0.4 is 4.72 Å². The summed E-state index contributed by atoms with van der Waals surface area (Å²) in [6.07, 6.45) is 0.398. The van der Waals surface area contributed by atoms with Gasteiger partial charge in [-0.1, -0.05) is 13.8 Å². The summed E-state index contributed by atoms with van der Waals surface area (Å²) in [5.41, 5.74) is 0.0000348. The van der Waals surface area contributed by atoms with Crippen molar-refractivity contribution in [2.45, 2.75) is 20.3 Å². The molecule has 0 aliphatic rings. The Morgan fingerprint density at radius 2 is 2.22 bits per heavy atom. The first kappa shape index (κ1) is 15.1. The average Bonchev–Trinajstić information content (AvgIpc) is 2.63. The molecule has 0 spiro atoms. The molecule has 0 fully saturated rings. The van der Waals surface area contributed by atoms with Gasteiger partial charge in [-0.15, -0.1) is 11.3 Å². The first-order valence-corrected chi connectivity index (χ1v) is 7.98. The molecule has 0 aliphatic heterocycles. The summed E-state index contributed by atoms with van der Waals surface area (Å²) in [6.45, 7) is 3.90. The molecular weight excluding hydrogens is 276 g/mol. The van der Waals surface area contributed by atoms with E-state index in [2.05, 4.69) is 9.71 Å². The predicted molar refractivity (Wildman–Crippen MR) is 69.4 cm³/mol. The number of aromatic nitrogens is 1. The second-order valence-corrected chi connectivity index (χ2v) is 7.05. The molecule has 102 valence electrons. The van der Waals surface area contributed by atoms with E-state index >= 15 is 0 Å². The molecule has 0 aliphatic carbocycles.